The Morgan fingerprint density at radius 2 is 1.71 bits per heavy atom. The molecule has 0 aromatic heterocycles. The minimum absolute atomic E-state index is 0.0346. The van der Waals surface area contributed by atoms with Crippen LogP contribution in [0.2, 0.25) is 5.02 Å². The molecule has 0 fully saturated rings. The van der Waals surface area contributed by atoms with Crippen molar-refractivity contribution in [3.63, 3.8) is 0 Å². The number of nitrogens with one attached hydrogen (secondary N) is 1. The molecule has 3 rings (SSSR count). The molecule has 0 radical (unpaired) electrons. The lowest BCUT2D eigenvalue weighted by molar-refractivity contribution is -0.123. The number of amides is 1. The van der Waals surface area contributed by atoms with E-state index in [9.17, 15) is 4.79 Å². The number of carbonyl (C=O) groups excluding carboxylic acids is 1. The van der Waals surface area contributed by atoms with Crippen molar-refractivity contribution in [2.24, 2.45) is 0 Å². The Bertz CT molecular complexity index is 923. The maximum absolute atomic E-state index is 12.3. The molecule has 28 heavy (non-hydrogen) atoms. The van der Waals surface area contributed by atoms with Gasteiger partial charge in [-0.3, -0.25) is 4.79 Å². The zero-order chi connectivity index (χ0) is 19.9. The molecule has 0 aliphatic rings. The molecule has 0 heterocycles. The summed E-state index contributed by atoms with van der Waals surface area (Å²) in [5.41, 5.74) is 4.37. The van der Waals surface area contributed by atoms with Crippen LogP contribution in [0, 0.1) is 6.92 Å². The topological polar surface area (TPSA) is 38.3 Å². The van der Waals surface area contributed by atoms with Crippen LogP contribution in [0.3, 0.4) is 0 Å². The first-order valence-corrected chi connectivity index (χ1v) is 9.78. The van der Waals surface area contributed by atoms with Gasteiger partial charge >= 0.3 is 0 Å². The maximum atomic E-state index is 12.3. The molecule has 1 amide bonds. The van der Waals surface area contributed by atoms with Crippen molar-refractivity contribution >= 4 is 17.5 Å². The number of rotatable bonds is 7. The van der Waals surface area contributed by atoms with Gasteiger partial charge in [0, 0.05) is 0 Å². The minimum atomic E-state index is -0.171. The largest absolute Gasteiger partial charge is 0.482 e. The van der Waals surface area contributed by atoms with Crippen molar-refractivity contribution in [1.29, 1.82) is 0 Å². The summed E-state index contributed by atoms with van der Waals surface area (Å²) < 4.78 is 5.65. The number of carbonyl (C=O) groups is 1. The molecule has 3 nitrogen and oxygen atoms in total. The summed E-state index contributed by atoms with van der Waals surface area (Å²) >= 11 is 6.35. The zero-order valence-corrected chi connectivity index (χ0v) is 16.9. The Balaban J connectivity index is 1.60. The Morgan fingerprint density at radius 3 is 2.36 bits per heavy atom. The number of aryl methyl sites for hydroxylation is 1. The summed E-state index contributed by atoms with van der Waals surface area (Å²) in [4.78, 5) is 12.3. The normalized spacial score (nSPS) is 11.7. The third kappa shape index (κ3) is 5.14. The van der Waals surface area contributed by atoms with Gasteiger partial charge in [0.2, 0.25) is 0 Å². The molecule has 0 aliphatic heterocycles. The first kappa shape index (κ1) is 20.0. The summed E-state index contributed by atoms with van der Waals surface area (Å²) in [5, 5.41) is 3.51. The van der Waals surface area contributed by atoms with E-state index in [0.29, 0.717) is 10.8 Å². The van der Waals surface area contributed by atoms with Gasteiger partial charge < -0.3 is 10.1 Å². The fourth-order valence-electron chi connectivity index (χ4n) is 3.03. The lowest BCUT2D eigenvalue weighted by atomic mass is 10.0. The van der Waals surface area contributed by atoms with Crippen molar-refractivity contribution in [3.05, 3.63) is 88.9 Å². The van der Waals surface area contributed by atoms with Crippen LogP contribution in [0.4, 0.5) is 0 Å². The van der Waals surface area contributed by atoms with E-state index in [0.717, 1.165) is 23.1 Å². The Morgan fingerprint density at radius 1 is 1.00 bits per heavy atom. The summed E-state index contributed by atoms with van der Waals surface area (Å²) in [6.45, 7) is 4.02. The van der Waals surface area contributed by atoms with Gasteiger partial charge in [-0.05, 0) is 42.2 Å². The van der Waals surface area contributed by atoms with E-state index >= 15 is 0 Å². The van der Waals surface area contributed by atoms with E-state index in [1.165, 1.54) is 5.56 Å². The molecule has 0 spiro atoms. The first-order chi connectivity index (χ1) is 13.6. The third-order valence-corrected chi connectivity index (χ3v) is 4.92. The molecule has 144 valence electrons. The standard InChI is InChI=1S/C24H24ClNO2/c1-3-22(19-11-9-17(2)10-12-19)26-24(27)16-28-23-14-13-20(15-21(23)25)18-7-5-4-6-8-18/h4-15,22H,3,16H2,1-2H3,(H,26,27)/t22-/m1/s1. The van der Waals surface area contributed by atoms with Crippen molar-refractivity contribution in [3.8, 4) is 16.9 Å². The molecule has 1 atom stereocenters. The summed E-state index contributed by atoms with van der Waals surface area (Å²) in [5.74, 6) is 0.329. The molecule has 0 unspecified atom stereocenters. The molecule has 0 saturated carbocycles. The lowest BCUT2D eigenvalue weighted by Gasteiger charge is -2.18. The average Bonchev–Trinajstić information content (AvgIpc) is 2.72. The van der Waals surface area contributed by atoms with E-state index in [2.05, 4.69) is 17.4 Å². The summed E-state index contributed by atoms with van der Waals surface area (Å²) in [7, 11) is 0. The van der Waals surface area contributed by atoms with Gasteiger partial charge in [-0.1, -0.05) is 84.8 Å². The number of hydrogen-bond donors (Lipinski definition) is 1. The second-order valence-electron chi connectivity index (χ2n) is 6.74. The van der Waals surface area contributed by atoms with Crippen LogP contribution >= 0.6 is 11.6 Å². The monoisotopic (exact) mass is 393 g/mol. The zero-order valence-electron chi connectivity index (χ0n) is 16.1. The van der Waals surface area contributed by atoms with E-state index in [1.807, 2.05) is 68.4 Å². The van der Waals surface area contributed by atoms with Gasteiger partial charge in [0.25, 0.3) is 5.91 Å². The predicted octanol–water partition coefficient (Wildman–Crippen LogP) is 5.96. The molecule has 0 aliphatic carbocycles. The predicted molar refractivity (Wildman–Crippen MR) is 115 cm³/mol. The quantitative estimate of drug-likeness (QED) is 0.537. The number of hydrogen-bond acceptors (Lipinski definition) is 2. The number of halogens is 1. The van der Waals surface area contributed by atoms with Crippen LogP contribution in [0.1, 0.15) is 30.5 Å². The maximum Gasteiger partial charge on any atom is 0.258 e. The molecule has 0 bridgehead atoms. The molecule has 3 aromatic carbocycles. The molecule has 1 N–H and O–H groups in total. The van der Waals surface area contributed by atoms with Crippen LogP contribution in [0.25, 0.3) is 11.1 Å². The molecule has 4 heteroatoms. The van der Waals surface area contributed by atoms with Crippen molar-refractivity contribution in [2.75, 3.05) is 6.61 Å². The highest BCUT2D eigenvalue weighted by Crippen LogP contribution is 2.30. The highest BCUT2D eigenvalue weighted by Gasteiger charge is 2.14. The van der Waals surface area contributed by atoms with Gasteiger partial charge in [0.15, 0.2) is 6.61 Å². The molecular formula is C24H24ClNO2. The third-order valence-electron chi connectivity index (χ3n) is 4.62. The Kier molecular flexibility index (Phi) is 6.72. The SMILES string of the molecule is CC[C@@H](NC(=O)COc1ccc(-c2ccccc2)cc1Cl)c1ccc(C)cc1. The second-order valence-corrected chi connectivity index (χ2v) is 7.15. The van der Waals surface area contributed by atoms with E-state index in [4.69, 9.17) is 16.3 Å². The van der Waals surface area contributed by atoms with Crippen LogP contribution in [-0.2, 0) is 4.79 Å². The van der Waals surface area contributed by atoms with Crippen molar-refractivity contribution < 1.29 is 9.53 Å². The number of benzene rings is 3. The highest BCUT2D eigenvalue weighted by atomic mass is 35.5. The average molecular weight is 394 g/mol. The Hall–Kier alpha value is -2.78. The van der Waals surface area contributed by atoms with Crippen molar-refractivity contribution in [2.45, 2.75) is 26.3 Å². The van der Waals surface area contributed by atoms with Crippen LogP contribution < -0.4 is 10.1 Å². The molecular weight excluding hydrogens is 370 g/mol. The van der Waals surface area contributed by atoms with Gasteiger partial charge in [-0.15, -0.1) is 0 Å². The second kappa shape index (κ2) is 9.43. The Labute approximate surface area is 171 Å². The van der Waals surface area contributed by atoms with Crippen LogP contribution in [0.5, 0.6) is 5.75 Å². The van der Waals surface area contributed by atoms with Crippen LogP contribution in [-0.4, -0.2) is 12.5 Å². The van der Waals surface area contributed by atoms with Gasteiger partial charge in [-0.25, -0.2) is 0 Å². The van der Waals surface area contributed by atoms with Gasteiger partial charge in [-0.2, -0.15) is 0 Å². The number of ether oxygens (including phenoxy) is 1. The molecule has 0 saturated heterocycles. The van der Waals surface area contributed by atoms with Crippen LogP contribution in [0.15, 0.2) is 72.8 Å². The fourth-order valence-corrected chi connectivity index (χ4v) is 3.26. The summed E-state index contributed by atoms with van der Waals surface area (Å²) in [6.07, 6.45) is 0.807. The minimum Gasteiger partial charge on any atom is -0.482 e. The summed E-state index contributed by atoms with van der Waals surface area (Å²) in [6, 6.07) is 23.7. The smallest absolute Gasteiger partial charge is 0.258 e. The highest BCUT2D eigenvalue weighted by molar-refractivity contribution is 6.32. The first-order valence-electron chi connectivity index (χ1n) is 9.40. The lowest BCUT2D eigenvalue weighted by Crippen LogP contribution is -2.32. The van der Waals surface area contributed by atoms with E-state index < -0.39 is 0 Å². The fraction of sp³-hybridized carbons (Fsp3) is 0.208. The van der Waals surface area contributed by atoms with Gasteiger partial charge in [0.05, 0.1) is 11.1 Å². The van der Waals surface area contributed by atoms with Crippen molar-refractivity contribution in [1.82, 2.24) is 5.32 Å². The molecule has 3 aromatic rings. The van der Waals surface area contributed by atoms with Gasteiger partial charge in [0.1, 0.15) is 5.75 Å². The van der Waals surface area contributed by atoms with E-state index in [1.54, 1.807) is 6.07 Å². The van der Waals surface area contributed by atoms with E-state index in [-0.39, 0.29) is 18.6 Å².